The van der Waals surface area contributed by atoms with Crippen molar-refractivity contribution in [1.82, 2.24) is 0 Å². The fraction of sp³-hybridized carbons (Fsp3) is 0.118. The van der Waals surface area contributed by atoms with Crippen LogP contribution in [0.3, 0.4) is 0 Å². The van der Waals surface area contributed by atoms with Crippen molar-refractivity contribution in [2.75, 3.05) is 10.2 Å². The van der Waals surface area contributed by atoms with Crippen LogP contribution in [0.1, 0.15) is 17.3 Å². The zero-order valence-corrected chi connectivity index (χ0v) is 11.9. The molecule has 1 atom stereocenters. The molecule has 1 aliphatic rings. The predicted octanol–water partition coefficient (Wildman–Crippen LogP) is 2.24. The minimum Gasteiger partial charge on any atom is -0.324 e. The first kappa shape index (κ1) is 14.0. The molecule has 2 aromatic rings. The fourth-order valence-electron chi connectivity index (χ4n) is 2.48. The summed E-state index contributed by atoms with van der Waals surface area (Å²) >= 11 is 0. The van der Waals surface area contributed by atoms with Gasteiger partial charge >= 0.3 is 0 Å². The van der Waals surface area contributed by atoms with Gasteiger partial charge in [0.25, 0.3) is 11.7 Å². The van der Waals surface area contributed by atoms with Crippen LogP contribution >= 0.6 is 0 Å². The van der Waals surface area contributed by atoms with Crippen LogP contribution in [0.4, 0.5) is 11.4 Å². The normalized spacial score (nSPS) is 14.7. The molecule has 0 fully saturated rings. The van der Waals surface area contributed by atoms with E-state index in [1.165, 1.54) is 4.90 Å². The topological polar surface area (TPSA) is 66.5 Å². The molecule has 1 unspecified atom stereocenters. The number of fused-ring (bicyclic) bond motifs is 1. The Morgan fingerprint density at radius 2 is 1.64 bits per heavy atom. The molecule has 2 aromatic carbocycles. The highest BCUT2D eigenvalue weighted by atomic mass is 16.2. The summed E-state index contributed by atoms with van der Waals surface area (Å²) in [7, 11) is 0. The van der Waals surface area contributed by atoms with E-state index in [4.69, 9.17) is 0 Å². The molecule has 0 saturated heterocycles. The third kappa shape index (κ3) is 2.26. The molecule has 0 saturated carbocycles. The highest BCUT2D eigenvalue weighted by Crippen LogP contribution is 2.30. The number of para-hydroxylation sites is 2. The second-order valence-corrected chi connectivity index (χ2v) is 5.05. The van der Waals surface area contributed by atoms with Gasteiger partial charge in [0.05, 0.1) is 11.3 Å². The van der Waals surface area contributed by atoms with Crippen molar-refractivity contribution < 1.29 is 14.4 Å². The van der Waals surface area contributed by atoms with Gasteiger partial charge in [-0.25, -0.2) is 0 Å². The minimum absolute atomic E-state index is 0.340. The predicted molar refractivity (Wildman–Crippen MR) is 82.8 cm³/mol. The molecule has 5 nitrogen and oxygen atoms in total. The molecular weight excluding hydrogens is 280 g/mol. The molecule has 1 N–H and O–H groups in total. The van der Waals surface area contributed by atoms with Gasteiger partial charge in [-0.05, 0) is 31.2 Å². The Morgan fingerprint density at radius 3 is 2.36 bits per heavy atom. The summed E-state index contributed by atoms with van der Waals surface area (Å²) in [6.45, 7) is 1.60. The SMILES string of the molecule is CC(C(=O)Nc1ccccc1)N1C(=O)C(=O)c2ccccc21. The van der Waals surface area contributed by atoms with Gasteiger partial charge < -0.3 is 5.32 Å². The van der Waals surface area contributed by atoms with E-state index in [1.54, 1.807) is 55.5 Å². The van der Waals surface area contributed by atoms with E-state index >= 15 is 0 Å². The maximum atomic E-state index is 12.3. The summed E-state index contributed by atoms with van der Waals surface area (Å²) in [5.74, 6) is -1.59. The first-order chi connectivity index (χ1) is 10.6. The van der Waals surface area contributed by atoms with E-state index < -0.39 is 17.7 Å². The van der Waals surface area contributed by atoms with E-state index in [0.717, 1.165) is 0 Å². The van der Waals surface area contributed by atoms with E-state index in [-0.39, 0.29) is 5.91 Å². The Bertz CT molecular complexity index is 756. The monoisotopic (exact) mass is 294 g/mol. The van der Waals surface area contributed by atoms with Gasteiger partial charge in [-0.1, -0.05) is 30.3 Å². The lowest BCUT2D eigenvalue weighted by Gasteiger charge is -2.23. The number of hydrogen-bond acceptors (Lipinski definition) is 3. The molecule has 0 aromatic heterocycles. The van der Waals surface area contributed by atoms with Crippen molar-refractivity contribution in [3.05, 3.63) is 60.2 Å². The fourth-order valence-corrected chi connectivity index (χ4v) is 2.48. The van der Waals surface area contributed by atoms with Crippen molar-refractivity contribution >= 4 is 29.0 Å². The van der Waals surface area contributed by atoms with Gasteiger partial charge in [0.2, 0.25) is 5.91 Å². The van der Waals surface area contributed by atoms with Crippen molar-refractivity contribution in [3.63, 3.8) is 0 Å². The van der Waals surface area contributed by atoms with E-state index in [0.29, 0.717) is 16.9 Å². The molecule has 3 rings (SSSR count). The molecule has 5 heteroatoms. The number of nitrogens with zero attached hydrogens (tertiary/aromatic N) is 1. The second kappa shape index (κ2) is 5.44. The molecule has 2 amide bonds. The van der Waals surface area contributed by atoms with Crippen molar-refractivity contribution in [1.29, 1.82) is 0 Å². The number of anilines is 2. The average molecular weight is 294 g/mol. The van der Waals surface area contributed by atoms with Crippen LogP contribution in [0.2, 0.25) is 0 Å². The summed E-state index contributed by atoms with van der Waals surface area (Å²) in [4.78, 5) is 37.7. The van der Waals surface area contributed by atoms with Crippen LogP contribution in [-0.2, 0) is 9.59 Å². The lowest BCUT2D eigenvalue weighted by Crippen LogP contribution is -2.45. The van der Waals surface area contributed by atoms with Crippen molar-refractivity contribution in [3.8, 4) is 0 Å². The molecule has 0 bridgehead atoms. The van der Waals surface area contributed by atoms with Gasteiger partial charge in [-0.2, -0.15) is 0 Å². The quantitative estimate of drug-likeness (QED) is 0.883. The number of hydrogen-bond donors (Lipinski definition) is 1. The van der Waals surface area contributed by atoms with Crippen LogP contribution in [0.5, 0.6) is 0 Å². The Kier molecular flexibility index (Phi) is 3.47. The number of nitrogens with one attached hydrogen (secondary N) is 1. The Morgan fingerprint density at radius 1 is 1.00 bits per heavy atom. The van der Waals surface area contributed by atoms with Gasteiger partial charge in [0.1, 0.15) is 6.04 Å². The van der Waals surface area contributed by atoms with Crippen LogP contribution in [-0.4, -0.2) is 23.6 Å². The molecule has 0 radical (unpaired) electrons. The zero-order valence-electron chi connectivity index (χ0n) is 11.9. The number of rotatable bonds is 3. The molecule has 22 heavy (non-hydrogen) atoms. The smallest absolute Gasteiger partial charge is 0.300 e. The number of Topliss-reactive ketones (excluding diaryl/α,β-unsaturated/α-hetero) is 1. The van der Waals surface area contributed by atoms with E-state index in [2.05, 4.69) is 5.32 Å². The molecule has 0 aliphatic carbocycles. The summed E-state index contributed by atoms with van der Waals surface area (Å²) in [6, 6.07) is 14.9. The second-order valence-electron chi connectivity index (χ2n) is 5.05. The highest BCUT2D eigenvalue weighted by Gasteiger charge is 2.40. The zero-order chi connectivity index (χ0) is 15.7. The van der Waals surface area contributed by atoms with Crippen molar-refractivity contribution in [2.24, 2.45) is 0 Å². The standard InChI is InChI=1S/C17H14N2O3/c1-11(16(21)18-12-7-3-2-4-8-12)19-14-10-6-5-9-13(14)15(20)17(19)22/h2-11H,1H3,(H,18,21). The van der Waals surface area contributed by atoms with Gasteiger partial charge in [0, 0.05) is 5.69 Å². The Balaban J connectivity index is 1.86. The lowest BCUT2D eigenvalue weighted by atomic mass is 10.1. The van der Waals surface area contributed by atoms with Crippen LogP contribution in [0.15, 0.2) is 54.6 Å². The molecule has 1 aliphatic heterocycles. The molecule has 1 heterocycles. The number of carbonyl (C=O) groups excluding carboxylic acids is 3. The van der Waals surface area contributed by atoms with Gasteiger partial charge in [-0.15, -0.1) is 0 Å². The van der Waals surface area contributed by atoms with Crippen molar-refractivity contribution in [2.45, 2.75) is 13.0 Å². The first-order valence-electron chi connectivity index (χ1n) is 6.92. The van der Waals surface area contributed by atoms with Crippen LogP contribution < -0.4 is 10.2 Å². The van der Waals surface area contributed by atoms with E-state index in [1.807, 2.05) is 6.07 Å². The first-order valence-corrected chi connectivity index (χ1v) is 6.92. The number of benzene rings is 2. The largest absolute Gasteiger partial charge is 0.324 e. The summed E-state index contributed by atoms with van der Waals surface area (Å²) in [5, 5.41) is 2.74. The average Bonchev–Trinajstić information content (AvgIpc) is 2.79. The summed E-state index contributed by atoms with van der Waals surface area (Å²) < 4.78 is 0. The third-order valence-electron chi connectivity index (χ3n) is 3.63. The van der Waals surface area contributed by atoms with Gasteiger partial charge in [-0.3, -0.25) is 19.3 Å². The Hall–Kier alpha value is -2.95. The molecule has 110 valence electrons. The maximum Gasteiger partial charge on any atom is 0.300 e. The number of amides is 2. The summed E-state index contributed by atoms with van der Waals surface area (Å²) in [5.41, 5.74) is 1.46. The number of ketones is 1. The maximum absolute atomic E-state index is 12.3. The van der Waals surface area contributed by atoms with Crippen LogP contribution in [0.25, 0.3) is 0 Å². The van der Waals surface area contributed by atoms with Gasteiger partial charge in [0.15, 0.2) is 0 Å². The highest BCUT2D eigenvalue weighted by molar-refractivity contribution is 6.52. The van der Waals surface area contributed by atoms with E-state index in [9.17, 15) is 14.4 Å². The third-order valence-corrected chi connectivity index (χ3v) is 3.63. The lowest BCUT2D eigenvalue weighted by molar-refractivity contribution is -0.120. The van der Waals surface area contributed by atoms with Crippen LogP contribution in [0, 0.1) is 0 Å². The molecule has 0 spiro atoms. The Labute approximate surface area is 127 Å². The summed E-state index contributed by atoms with van der Waals surface area (Å²) in [6.07, 6.45) is 0. The minimum atomic E-state index is -0.777. The number of carbonyl (C=O) groups is 3. The molecular formula is C17H14N2O3.